The van der Waals surface area contributed by atoms with Crippen molar-refractivity contribution in [3.8, 4) is 0 Å². The van der Waals surface area contributed by atoms with Gasteiger partial charge in [-0.05, 0) is 17.7 Å². The van der Waals surface area contributed by atoms with E-state index in [2.05, 4.69) is 10.1 Å². The van der Waals surface area contributed by atoms with Crippen molar-refractivity contribution in [2.24, 2.45) is 15.6 Å². The van der Waals surface area contributed by atoms with Gasteiger partial charge in [-0.25, -0.2) is 14.0 Å². The van der Waals surface area contributed by atoms with Gasteiger partial charge in [-0.1, -0.05) is 47.6 Å². The van der Waals surface area contributed by atoms with Gasteiger partial charge in [0, 0.05) is 17.7 Å². The van der Waals surface area contributed by atoms with Crippen LogP contribution in [0, 0.1) is 11.2 Å². The third-order valence-electron chi connectivity index (χ3n) is 4.91. The number of esters is 1. The number of ether oxygens (including phenoxy) is 1. The quantitative estimate of drug-likeness (QED) is 0.618. The molecule has 27 heavy (non-hydrogen) atoms. The Morgan fingerprint density at radius 2 is 1.85 bits per heavy atom. The van der Waals surface area contributed by atoms with Crippen LogP contribution in [0.4, 0.5) is 4.39 Å². The van der Waals surface area contributed by atoms with Crippen LogP contribution in [0.15, 0.2) is 64.7 Å². The monoisotopic (exact) mass is 366 g/mol. The van der Waals surface area contributed by atoms with Crippen molar-refractivity contribution in [3.05, 3.63) is 71.5 Å². The van der Waals surface area contributed by atoms with Crippen LogP contribution >= 0.6 is 0 Å². The number of carbonyl (C=O) groups excluding carboxylic acids is 2. The first-order valence-corrected chi connectivity index (χ1v) is 8.31. The molecule has 0 amide bonds. The third-order valence-corrected chi connectivity index (χ3v) is 4.91. The van der Waals surface area contributed by atoms with Gasteiger partial charge < -0.3 is 9.57 Å². The number of benzene rings is 2. The van der Waals surface area contributed by atoms with Crippen LogP contribution in [0.1, 0.15) is 17.0 Å². The first-order valence-electron chi connectivity index (χ1n) is 8.31. The minimum atomic E-state index is -1.39. The van der Waals surface area contributed by atoms with E-state index < -0.39 is 35.1 Å². The van der Waals surface area contributed by atoms with Crippen LogP contribution in [0.5, 0.6) is 0 Å². The van der Waals surface area contributed by atoms with Crippen LogP contribution in [0.3, 0.4) is 0 Å². The van der Waals surface area contributed by atoms with E-state index in [9.17, 15) is 14.0 Å². The molecule has 0 N–H and O–H groups in total. The van der Waals surface area contributed by atoms with E-state index in [4.69, 9.17) is 9.57 Å². The van der Waals surface area contributed by atoms with Crippen LogP contribution < -0.4 is 0 Å². The summed E-state index contributed by atoms with van der Waals surface area (Å²) in [4.78, 5) is 34.5. The molecule has 1 spiro atoms. The molecule has 2 aromatic carbocycles. The fraction of sp³-hybridized carbons (Fsp3) is 0.200. The number of carbonyl (C=O) groups is 2. The number of halogens is 1. The van der Waals surface area contributed by atoms with Gasteiger partial charge in [0.25, 0.3) is 0 Å². The number of hydrogen-bond acceptors (Lipinski definition) is 6. The molecule has 4 rings (SSSR count). The predicted molar refractivity (Wildman–Crippen MR) is 94.9 cm³/mol. The van der Waals surface area contributed by atoms with Crippen LogP contribution in [0.25, 0.3) is 0 Å². The highest BCUT2D eigenvalue weighted by molar-refractivity contribution is 6.29. The molecular weight excluding hydrogens is 351 g/mol. The van der Waals surface area contributed by atoms with Crippen molar-refractivity contribution in [3.63, 3.8) is 0 Å². The number of nitrogens with zero attached hydrogens (tertiary/aromatic N) is 2. The number of hydrogen-bond donors (Lipinski definition) is 0. The molecule has 3 atom stereocenters. The summed E-state index contributed by atoms with van der Waals surface area (Å²) in [5.41, 5.74) is 0.203. The van der Waals surface area contributed by atoms with Crippen molar-refractivity contribution in [2.75, 3.05) is 7.11 Å². The zero-order valence-corrected chi connectivity index (χ0v) is 14.3. The SMILES string of the molecule is COC(=O)[C@@H]1N=C[C@@]2(C(=O)ON=C2c2ccccc2)[C@H]1c1ccc(F)cc1. The van der Waals surface area contributed by atoms with Crippen molar-refractivity contribution in [1.82, 2.24) is 0 Å². The lowest BCUT2D eigenvalue weighted by Gasteiger charge is -2.29. The third kappa shape index (κ3) is 2.54. The predicted octanol–water partition coefficient (Wildman–Crippen LogP) is 2.48. The molecule has 0 saturated carbocycles. The van der Waals surface area contributed by atoms with Gasteiger partial charge in [0.2, 0.25) is 0 Å². The summed E-state index contributed by atoms with van der Waals surface area (Å²) < 4.78 is 18.3. The average molecular weight is 366 g/mol. The molecule has 2 aromatic rings. The van der Waals surface area contributed by atoms with E-state index in [1.165, 1.54) is 37.6 Å². The number of aliphatic imine (C=N–C) groups is 1. The lowest BCUT2D eigenvalue weighted by molar-refractivity contribution is -0.147. The van der Waals surface area contributed by atoms with Crippen LogP contribution in [-0.4, -0.2) is 37.0 Å². The second-order valence-electron chi connectivity index (χ2n) is 6.33. The normalized spacial score (nSPS) is 26.1. The Morgan fingerprint density at radius 1 is 1.15 bits per heavy atom. The van der Waals surface area contributed by atoms with Gasteiger partial charge in [-0.15, -0.1) is 0 Å². The van der Waals surface area contributed by atoms with E-state index in [1.807, 2.05) is 18.2 Å². The molecule has 0 bridgehead atoms. The molecule has 0 fully saturated rings. The summed E-state index contributed by atoms with van der Waals surface area (Å²) in [5, 5.41) is 3.98. The Balaban J connectivity index is 1.89. The van der Waals surface area contributed by atoms with E-state index >= 15 is 0 Å². The average Bonchev–Trinajstić information content (AvgIpc) is 3.25. The number of methoxy groups -OCH3 is 1. The molecular formula is C20H15FN2O4. The molecule has 136 valence electrons. The molecule has 0 aliphatic carbocycles. The Morgan fingerprint density at radius 3 is 2.52 bits per heavy atom. The topological polar surface area (TPSA) is 77.3 Å². The summed E-state index contributed by atoms with van der Waals surface area (Å²) >= 11 is 0. The van der Waals surface area contributed by atoms with Gasteiger partial charge in [0.1, 0.15) is 11.5 Å². The Hall–Kier alpha value is -3.35. The largest absolute Gasteiger partial charge is 0.467 e. The fourth-order valence-electron chi connectivity index (χ4n) is 3.66. The Kier molecular flexibility index (Phi) is 4.07. The fourth-order valence-corrected chi connectivity index (χ4v) is 3.66. The summed E-state index contributed by atoms with van der Waals surface area (Å²) in [6.07, 6.45) is 1.41. The highest BCUT2D eigenvalue weighted by Gasteiger charge is 2.62. The van der Waals surface area contributed by atoms with Crippen LogP contribution in [-0.2, 0) is 19.2 Å². The summed E-state index contributed by atoms with van der Waals surface area (Å²) in [6.45, 7) is 0. The summed E-state index contributed by atoms with van der Waals surface area (Å²) in [5.74, 6) is -2.41. The number of rotatable bonds is 3. The van der Waals surface area contributed by atoms with E-state index in [0.717, 1.165) is 0 Å². The number of oxime groups is 1. The minimum absolute atomic E-state index is 0.359. The highest BCUT2D eigenvalue weighted by Crippen LogP contribution is 2.49. The maximum Gasteiger partial charge on any atom is 0.353 e. The van der Waals surface area contributed by atoms with E-state index in [1.54, 1.807) is 12.1 Å². The first-order chi connectivity index (χ1) is 13.1. The van der Waals surface area contributed by atoms with Gasteiger partial charge in [-0.3, -0.25) is 4.99 Å². The summed E-state index contributed by atoms with van der Waals surface area (Å²) in [7, 11) is 1.25. The lowest BCUT2D eigenvalue weighted by atomic mass is 9.67. The van der Waals surface area contributed by atoms with Crippen molar-refractivity contribution in [1.29, 1.82) is 0 Å². The van der Waals surface area contributed by atoms with Gasteiger partial charge in [0.05, 0.1) is 7.11 Å². The maximum absolute atomic E-state index is 13.4. The van der Waals surface area contributed by atoms with Crippen LogP contribution in [0.2, 0.25) is 0 Å². The molecule has 2 aliphatic heterocycles. The second kappa shape index (κ2) is 6.42. The molecule has 6 nitrogen and oxygen atoms in total. The van der Waals surface area contributed by atoms with Crippen molar-refractivity contribution < 1.29 is 23.6 Å². The summed E-state index contributed by atoms with van der Waals surface area (Å²) in [6, 6.07) is 13.7. The van der Waals surface area contributed by atoms with Crippen molar-refractivity contribution >= 4 is 23.9 Å². The molecule has 2 heterocycles. The van der Waals surface area contributed by atoms with Gasteiger partial charge in [-0.2, -0.15) is 0 Å². The molecule has 0 saturated heterocycles. The van der Waals surface area contributed by atoms with E-state index in [-0.39, 0.29) is 0 Å². The molecule has 0 radical (unpaired) electrons. The van der Waals surface area contributed by atoms with Gasteiger partial charge in [0.15, 0.2) is 11.5 Å². The Bertz CT molecular complexity index is 956. The standard InChI is InChI=1S/C20H15FN2O4/c1-26-18(24)16-15(12-7-9-14(21)10-8-12)20(11-22-16)17(23-27-19(20)25)13-5-3-2-4-6-13/h2-11,15-16H,1H3/t15-,16+,20+/m0/s1. The Labute approximate surface area is 154 Å². The smallest absolute Gasteiger partial charge is 0.353 e. The minimum Gasteiger partial charge on any atom is -0.467 e. The second-order valence-corrected chi connectivity index (χ2v) is 6.33. The first kappa shape index (κ1) is 17.1. The zero-order chi connectivity index (χ0) is 19.0. The van der Waals surface area contributed by atoms with Crippen molar-refractivity contribution in [2.45, 2.75) is 12.0 Å². The van der Waals surface area contributed by atoms with Gasteiger partial charge >= 0.3 is 11.9 Å². The highest BCUT2D eigenvalue weighted by atomic mass is 19.1. The molecule has 0 aromatic heterocycles. The zero-order valence-electron chi connectivity index (χ0n) is 14.3. The molecule has 2 aliphatic rings. The molecule has 7 heteroatoms. The van der Waals surface area contributed by atoms with E-state index in [0.29, 0.717) is 16.8 Å². The maximum atomic E-state index is 13.4. The molecule has 0 unspecified atom stereocenters. The lowest BCUT2D eigenvalue weighted by Crippen LogP contribution is -2.44.